The Kier molecular flexibility index (Phi) is 6.70. The van der Waals surface area contributed by atoms with Crippen LogP contribution >= 0.6 is 0 Å². The fourth-order valence-electron chi connectivity index (χ4n) is 4.22. The lowest BCUT2D eigenvalue weighted by atomic mass is 9.73. The van der Waals surface area contributed by atoms with E-state index in [1.165, 1.54) is 0 Å². The van der Waals surface area contributed by atoms with Crippen molar-refractivity contribution in [2.24, 2.45) is 5.41 Å². The van der Waals surface area contributed by atoms with Crippen LogP contribution < -0.4 is 5.32 Å². The highest BCUT2D eigenvalue weighted by atomic mass is 16.5. The van der Waals surface area contributed by atoms with Gasteiger partial charge in [0.05, 0.1) is 11.5 Å². The molecule has 1 aliphatic heterocycles. The SMILES string of the molecule is C[C@@H](O)CC(C)(C)NC(=O)C1(Cc2ccc(-c3cccnc3)cc2)CCOCC1. The number of carbonyl (C=O) groups excluding carboxylic acids is 1. The van der Waals surface area contributed by atoms with Crippen molar-refractivity contribution in [3.05, 3.63) is 54.4 Å². The van der Waals surface area contributed by atoms with E-state index in [0.717, 1.165) is 16.7 Å². The van der Waals surface area contributed by atoms with Gasteiger partial charge in [-0.3, -0.25) is 9.78 Å². The van der Waals surface area contributed by atoms with Gasteiger partial charge in [-0.15, -0.1) is 0 Å². The summed E-state index contributed by atoms with van der Waals surface area (Å²) >= 11 is 0. The molecule has 29 heavy (non-hydrogen) atoms. The molecule has 0 saturated carbocycles. The molecule has 1 aromatic heterocycles. The number of aliphatic hydroxyl groups is 1. The van der Waals surface area contributed by atoms with Crippen molar-refractivity contribution in [2.45, 2.75) is 58.1 Å². The van der Waals surface area contributed by atoms with Crippen LogP contribution in [0.15, 0.2) is 48.8 Å². The number of ether oxygens (including phenoxy) is 1. The second kappa shape index (κ2) is 9.06. The van der Waals surface area contributed by atoms with E-state index >= 15 is 0 Å². The summed E-state index contributed by atoms with van der Waals surface area (Å²) in [7, 11) is 0. The molecule has 2 heterocycles. The number of carbonyl (C=O) groups is 1. The Balaban J connectivity index is 1.77. The molecule has 0 aliphatic carbocycles. The minimum absolute atomic E-state index is 0.0581. The first kappa shape index (κ1) is 21.5. The summed E-state index contributed by atoms with van der Waals surface area (Å²) in [5.74, 6) is 0.0581. The summed E-state index contributed by atoms with van der Waals surface area (Å²) < 4.78 is 5.56. The maximum atomic E-state index is 13.4. The molecule has 3 rings (SSSR count). The summed E-state index contributed by atoms with van der Waals surface area (Å²) in [4.78, 5) is 17.5. The van der Waals surface area contributed by atoms with Crippen LogP contribution in [0, 0.1) is 5.41 Å². The molecule has 2 N–H and O–H groups in total. The first-order chi connectivity index (χ1) is 13.8. The van der Waals surface area contributed by atoms with E-state index < -0.39 is 17.1 Å². The lowest BCUT2D eigenvalue weighted by Gasteiger charge is -2.39. The van der Waals surface area contributed by atoms with Gasteiger partial charge >= 0.3 is 0 Å². The van der Waals surface area contributed by atoms with Crippen LogP contribution in [0.3, 0.4) is 0 Å². The van der Waals surface area contributed by atoms with E-state index in [0.29, 0.717) is 38.9 Å². The lowest BCUT2D eigenvalue weighted by molar-refractivity contribution is -0.138. The number of nitrogens with one attached hydrogen (secondary N) is 1. The second-order valence-corrected chi connectivity index (χ2v) is 8.90. The highest BCUT2D eigenvalue weighted by Gasteiger charge is 2.42. The van der Waals surface area contributed by atoms with Gasteiger partial charge in [-0.1, -0.05) is 30.3 Å². The molecule has 1 amide bonds. The molecule has 156 valence electrons. The van der Waals surface area contributed by atoms with Crippen LogP contribution in [-0.2, 0) is 16.0 Å². The standard InChI is InChI=1S/C24H32N2O3/c1-18(27)15-23(2,3)26-22(28)24(10-13-29-14-11-24)16-19-6-8-20(9-7-19)21-5-4-12-25-17-21/h4-9,12,17-18,27H,10-11,13-16H2,1-3H3,(H,26,28)/t18-/m1/s1. The molecule has 0 bridgehead atoms. The fourth-order valence-corrected chi connectivity index (χ4v) is 4.22. The van der Waals surface area contributed by atoms with Gasteiger partial charge in [0.25, 0.3) is 0 Å². The number of rotatable bonds is 7. The molecular formula is C24H32N2O3. The normalized spacial score (nSPS) is 17.5. The Bertz CT molecular complexity index is 795. The molecule has 2 aromatic rings. The van der Waals surface area contributed by atoms with E-state index in [1.54, 1.807) is 13.1 Å². The highest BCUT2D eigenvalue weighted by molar-refractivity contribution is 5.83. The average Bonchev–Trinajstić information content (AvgIpc) is 2.68. The Hall–Kier alpha value is -2.24. The fraction of sp³-hybridized carbons (Fsp3) is 0.500. The van der Waals surface area contributed by atoms with Crippen molar-refractivity contribution >= 4 is 5.91 Å². The Morgan fingerprint density at radius 2 is 1.90 bits per heavy atom. The molecular weight excluding hydrogens is 364 g/mol. The number of hydrogen-bond donors (Lipinski definition) is 2. The summed E-state index contributed by atoms with van der Waals surface area (Å²) in [6, 6.07) is 12.4. The smallest absolute Gasteiger partial charge is 0.227 e. The zero-order valence-corrected chi connectivity index (χ0v) is 17.6. The number of aliphatic hydroxyl groups excluding tert-OH is 1. The van der Waals surface area contributed by atoms with E-state index in [-0.39, 0.29) is 5.91 Å². The van der Waals surface area contributed by atoms with Crippen molar-refractivity contribution in [2.75, 3.05) is 13.2 Å². The van der Waals surface area contributed by atoms with Gasteiger partial charge in [0.1, 0.15) is 0 Å². The van der Waals surface area contributed by atoms with Crippen molar-refractivity contribution in [1.29, 1.82) is 0 Å². The molecule has 5 heteroatoms. The van der Waals surface area contributed by atoms with Crippen LogP contribution in [0.2, 0.25) is 0 Å². The van der Waals surface area contributed by atoms with Gasteiger partial charge < -0.3 is 15.2 Å². The minimum atomic E-state index is -0.482. The summed E-state index contributed by atoms with van der Waals surface area (Å²) in [5.41, 5.74) is 2.40. The van der Waals surface area contributed by atoms with E-state index in [2.05, 4.69) is 34.6 Å². The third-order valence-corrected chi connectivity index (χ3v) is 5.68. The lowest BCUT2D eigenvalue weighted by Crippen LogP contribution is -2.54. The van der Waals surface area contributed by atoms with Gasteiger partial charge in [-0.25, -0.2) is 0 Å². The van der Waals surface area contributed by atoms with Crippen LogP contribution in [0.1, 0.15) is 45.6 Å². The Morgan fingerprint density at radius 3 is 2.48 bits per heavy atom. The minimum Gasteiger partial charge on any atom is -0.393 e. The maximum Gasteiger partial charge on any atom is 0.227 e. The quantitative estimate of drug-likeness (QED) is 0.748. The third-order valence-electron chi connectivity index (χ3n) is 5.68. The molecule has 0 radical (unpaired) electrons. The number of aromatic nitrogens is 1. The summed E-state index contributed by atoms with van der Waals surface area (Å²) in [6.45, 7) is 6.87. The number of pyridine rings is 1. The molecule has 5 nitrogen and oxygen atoms in total. The highest BCUT2D eigenvalue weighted by Crippen LogP contribution is 2.36. The average molecular weight is 397 g/mol. The molecule has 0 unspecified atom stereocenters. The van der Waals surface area contributed by atoms with Crippen molar-refractivity contribution in [3.63, 3.8) is 0 Å². The predicted molar refractivity (Wildman–Crippen MR) is 114 cm³/mol. The maximum absolute atomic E-state index is 13.4. The van der Waals surface area contributed by atoms with E-state index in [4.69, 9.17) is 4.74 Å². The van der Waals surface area contributed by atoms with Crippen LogP contribution in [0.5, 0.6) is 0 Å². The zero-order chi connectivity index (χ0) is 20.9. The number of amides is 1. The first-order valence-corrected chi connectivity index (χ1v) is 10.4. The van der Waals surface area contributed by atoms with Crippen molar-refractivity contribution in [1.82, 2.24) is 10.3 Å². The summed E-state index contributed by atoms with van der Waals surface area (Å²) in [5, 5.41) is 12.9. The number of nitrogens with zero attached hydrogens (tertiary/aromatic N) is 1. The Labute approximate surface area is 173 Å². The zero-order valence-electron chi connectivity index (χ0n) is 17.6. The monoisotopic (exact) mass is 396 g/mol. The van der Waals surface area contributed by atoms with E-state index in [9.17, 15) is 9.90 Å². The number of hydrogen-bond acceptors (Lipinski definition) is 4. The van der Waals surface area contributed by atoms with Gasteiger partial charge in [-0.2, -0.15) is 0 Å². The predicted octanol–water partition coefficient (Wildman–Crippen LogP) is 3.75. The molecule has 1 fully saturated rings. The van der Waals surface area contributed by atoms with Crippen molar-refractivity contribution in [3.8, 4) is 11.1 Å². The largest absolute Gasteiger partial charge is 0.393 e. The molecule has 1 atom stereocenters. The number of benzene rings is 1. The summed E-state index contributed by atoms with van der Waals surface area (Å²) in [6.07, 6.45) is 5.76. The molecule has 0 spiro atoms. The third kappa shape index (κ3) is 5.64. The first-order valence-electron chi connectivity index (χ1n) is 10.4. The van der Waals surface area contributed by atoms with Crippen LogP contribution in [-0.4, -0.2) is 40.9 Å². The van der Waals surface area contributed by atoms with Gasteiger partial charge in [-0.05, 0) is 69.2 Å². The molecule has 1 aromatic carbocycles. The second-order valence-electron chi connectivity index (χ2n) is 8.90. The van der Waals surface area contributed by atoms with Crippen molar-refractivity contribution < 1.29 is 14.6 Å². The van der Waals surface area contributed by atoms with Crippen LogP contribution in [0.4, 0.5) is 0 Å². The van der Waals surface area contributed by atoms with Crippen LogP contribution in [0.25, 0.3) is 11.1 Å². The van der Waals surface area contributed by atoms with Gasteiger partial charge in [0.2, 0.25) is 5.91 Å². The topological polar surface area (TPSA) is 71.5 Å². The molecule has 1 aliphatic rings. The Morgan fingerprint density at radius 1 is 1.21 bits per heavy atom. The van der Waals surface area contributed by atoms with Gasteiger partial charge in [0.15, 0.2) is 0 Å². The van der Waals surface area contributed by atoms with E-state index in [1.807, 2.05) is 32.2 Å². The molecule has 1 saturated heterocycles. The van der Waals surface area contributed by atoms with Gasteiger partial charge in [0, 0.05) is 31.1 Å².